The van der Waals surface area contributed by atoms with E-state index in [1.165, 1.54) is 4.90 Å². The maximum atomic E-state index is 12.3. The van der Waals surface area contributed by atoms with Crippen molar-refractivity contribution in [2.24, 2.45) is 10.9 Å². The molecule has 0 aliphatic rings. The van der Waals surface area contributed by atoms with Crippen molar-refractivity contribution in [3.05, 3.63) is 47.0 Å². The molecule has 2 aromatic rings. The summed E-state index contributed by atoms with van der Waals surface area (Å²) in [7, 11) is 1.67. The van der Waals surface area contributed by atoms with E-state index in [1.54, 1.807) is 38.2 Å². The van der Waals surface area contributed by atoms with Gasteiger partial charge in [0.25, 0.3) is 5.91 Å². The molecular weight excluding hydrogens is 272 g/mol. The maximum absolute atomic E-state index is 12.3. The van der Waals surface area contributed by atoms with Crippen LogP contribution in [-0.2, 0) is 6.54 Å². The predicted molar refractivity (Wildman–Crippen MR) is 75.9 cm³/mol. The molecule has 0 aliphatic heterocycles. The van der Waals surface area contributed by atoms with Crippen LogP contribution < -0.4 is 5.73 Å². The van der Waals surface area contributed by atoms with Crippen LogP contribution in [0.15, 0.2) is 29.4 Å². The Morgan fingerprint density at radius 2 is 2.00 bits per heavy atom. The van der Waals surface area contributed by atoms with Crippen molar-refractivity contribution in [2.75, 3.05) is 7.05 Å². The number of aromatic amines is 1. The van der Waals surface area contributed by atoms with Crippen LogP contribution in [0.1, 0.15) is 27.6 Å². The summed E-state index contributed by atoms with van der Waals surface area (Å²) >= 11 is 0. The van der Waals surface area contributed by atoms with E-state index >= 15 is 0 Å². The Labute approximate surface area is 121 Å². The van der Waals surface area contributed by atoms with Gasteiger partial charge in [0, 0.05) is 18.2 Å². The highest BCUT2D eigenvalue weighted by Gasteiger charge is 2.14. The smallest absolute Gasteiger partial charge is 0.254 e. The summed E-state index contributed by atoms with van der Waals surface area (Å²) in [6, 6.07) is 6.48. The fraction of sp³-hybridized carbons (Fsp3) is 0.231. The number of carbonyl (C=O) groups excluding carboxylic acids is 1. The molecule has 0 saturated heterocycles. The van der Waals surface area contributed by atoms with E-state index in [1.807, 2.05) is 0 Å². The van der Waals surface area contributed by atoms with E-state index in [0.717, 1.165) is 0 Å². The molecule has 110 valence electrons. The molecule has 8 nitrogen and oxygen atoms in total. The van der Waals surface area contributed by atoms with Crippen LogP contribution >= 0.6 is 0 Å². The third kappa shape index (κ3) is 3.35. The molecule has 1 amide bonds. The first kappa shape index (κ1) is 14.5. The SMILES string of the molecule is Cc1nc(CN(C)C(=O)c2ccc(C(N)=NO)cc2)n[nH]1. The Bertz CT molecular complexity index is 662. The summed E-state index contributed by atoms with van der Waals surface area (Å²) in [6.07, 6.45) is 0. The van der Waals surface area contributed by atoms with Crippen molar-refractivity contribution in [3.63, 3.8) is 0 Å². The van der Waals surface area contributed by atoms with Gasteiger partial charge in [-0.3, -0.25) is 9.89 Å². The van der Waals surface area contributed by atoms with Crippen LogP contribution in [0.4, 0.5) is 0 Å². The third-order valence-corrected chi connectivity index (χ3v) is 2.90. The molecule has 0 unspecified atom stereocenters. The van der Waals surface area contributed by atoms with Crippen molar-refractivity contribution in [2.45, 2.75) is 13.5 Å². The van der Waals surface area contributed by atoms with E-state index in [2.05, 4.69) is 20.3 Å². The number of hydrogen-bond donors (Lipinski definition) is 3. The van der Waals surface area contributed by atoms with Crippen molar-refractivity contribution < 1.29 is 10.0 Å². The molecule has 0 aliphatic carbocycles. The van der Waals surface area contributed by atoms with Crippen LogP contribution in [0, 0.1) is 6.92 Å². The van der Waals surface area contributed by atoms with Crippen molar-refractivity contribution >= 4 is 11.7 Å². The highest BCUT2D eigenvalue weighted by Crippen LogP contribution is 2.08. The van der Waals surface area contributed by atoms with Crippen LogP contribution in [0.25, 0.3) is 0 Å². The van der Waals surface area contributed by atoms with Gasteiger partial charge in [0.15, 0.2) is 11.7 Å². The van der Waals surface area contributed by atoms with Gasteiger partial charge >= 0.3 is 0 Å². The van der Waals surface area contributed by atoms with E-state index in [9.17, 15) is 4.79 Å². The number of rotatable bonds is 4. The highest BCUT2D eigenvalue weighted by atomic mass is 16.4. The monoisotopic (exact) mass is 288 g/mol. The minimum Gasteiger partial charge on any atom is -0.409 e. The molecule has 0 bridgehead atoms. The number of aryl methyl sites for hydroxylation is 1. The second-order valence-corrected chi connectivity index (χ2v) is 4.56. The largest absolute Gasteiger partial charge is 0.409 e. The molecule has 1 aromatic heterocycles. The van der Waals surface area contributed by atoms with Crippen LogP contribution in [0.3, 0.4) is 0 Å². The number of oxime groups is 1. The zero-order valence-electron chi connectivity index (χ0n) is 11.7. The van der Waals surface area contributed by atoms with Gasteiger partial charge in [-0.2, -0.15) is 5.10 Å². The lowest BCUT2D eigenvalue weighted by Gasteiger charge is -2.15. The summed E-state index contributed by atoms with van der Waals surface area (Å²) in [4.78, 5) is 17.9. The van der Waals surface area contributed by atoms with Crippen LogP contribution in [0.2, 0.25) is 0 Å². The van der Waals surface area contributed by atoms with E-state index in [-0.39, 0.29) is 11.7 Å². The maximum Gasteiger partial charge on any atom is 0.254 e. The highest BCUT2D eigenvalue weighted by molar-refractivity contribution is 5.99. The van der Waals surface area contributed by atoms with Crippen molar-refractivity contribution in [1.82, 2.24) is 20.1 Å². The molecule has 8 heteroatoms. The zero-order valence-corrected chi connectivity index (χ0v) is 11.7. The fourth-order valence-electron chi connectivity index (χ4n) is 1.81. The second kappa shape index (κ2) is 6.04. The molecule has 2 rings (SSSR count). The topological polar surface area (TPSA) is 120 Å². The number of nitrogens with two attached hydrogens (primary N) is 1. The average molecular weight is 288 g/mol. The minimum absolute atomic E-state index is 0.00134. The first-order valence-corrected chi connectivity index (χ1v) is 6.22. The van der Waals surface area contributed by atoms with E-state index < -0.39 is 0 Å². The van der Waals surface area contributed by atoms with Crippen LogP contribution in [-0.4, -0.2) is 44.1 Å². The van der Waals surface area contributed by atoms with Gasteiger partial charge in [0.2, 0.25) is 0 Å². The Morgan fingerprint density at radius 1 is 1.38 bits per heavy atom. The predicted octanol–water partition coefficient (Wildman–Crippen LogP) is 0.480. The number of aromatic nitrogens is 3. The summed E-state index contributed by atoms with van der Waals surface area (Å²) < 4.78 is 0. The summed E-state index contributed by atoms with van der Waals surface area (Å²) in [5.74, 6) is 1.09. The minimum atomic E-state index is -0.163. The van der Waals surface area contributed by atoms with Gasteiger partial charge in [0.1, 0.15) is 5.82 Å². The number of benzene rings is 1. The standard InChI is InChI=1S/C13H16N6O2/c1-8-15-11(17-16-8)7-19(2)13(20)10-5-3-9(4-6-10)12(14)18-21/h3-6,21H,7H2,1-2H3,(H2,14,18)(H,15,16,17). The van der Waals surface area contributed by atoms with Gasteiger partial charge in [-0.25, -0.2) is 4.98 Å². The van der Waals surface area contributed by atoms with Gasteiger partial charge in [-0.1, -0.05) is 17.3 Å². The summed E-state index contributed by atoms with van der Waals surface area (Å²) in [6.45, 7) is 2.11. The third-order valence-electron chi connectivity index (χ3n) is 2.90. The van der Waals surface area contributed by atoms with Crippen molar-refractivity contribution in [3.8, 4) is 0 Å². The number of nitrogens with zero attached hydrogens (tertiary/aromatic N) is 4. The van der Waals surface area contributed by atoms with Crippen LogP contribution in [0.5, 0.6) is 0 Å². The Balaban J connectivity index is 2.08. The van der Waals surface area contributed by atoms with Crippen molar-refractivity contribution in [1.29, 1.82) is 0 Å². The first-order valence-electron chi connectivity index (χ1n) is 6.22. The van der Waals surface area contributed by atoms with Gasteiger partial charge in [-0.15, -0.1) is 0 Å². The molecule has 0 atom stereocenters. The molecule has 1 aromatic carbocycles. The molecule has 1 heterocycles. The number of hydrogen-bond acceptors (Lipinski definition) is 5. The van der Waals surface area contributed by atoms with Gasteiger partial charge < -0.3 is 15.8 Å². The molecule has 0 saturated carbocycles. The Kier molecular flexibility index (Phi) is 4.17. The van der Waals surface area contributed by atoms with Gasteiger partial charge in [-0.05, 0) is 19.1 Å². The van der Waals surface area contributed by atoms with E-state index in [4.69, 9.17) is 10.9 Å². The second-order valence-electron chi connectivity index (χ2n) is 4.56. The number of nitrogens with one attached hydrogen (secondary N) is 1. The normalized spacial score (nSPS) is 11.4. The summed E-state index contributed by atoms with van der Waals surface area (Å²) in [5.41, 5.74) is 6.51. The number of carbonyl (C=O) groups is 1. The molecule has 4 N–H and O–H groups in total. The molecule has 0 spiro atoms. The van der Waals surface area contributed by atoms with E-state index in [0.29, 0.717) is 29.3 Å². The fourth-order valence-corrected chi connectivity index (χ4v) is 1.81. The first-order chi connectivity index (χ1) is 10.0. The zero-order chi connectivity index (χ0) is 15.4. The quantitative estimate of drug-likeness (QED) is 0.327. The number of H-pyrrole nitrogens is 1. The lowest BCUT2D eigenvalue weighted by atomic mass is 10.1. The number of amides is 1. The molecule has 21 heavy (non-hydrogen) atoms. The average Bonchev–Trinajstić information content (AvgIpc) is 2.90. The molecule has 0 fully saturated rings. The lowest BCUT2D eigenvalue weighted by molar-refractivity contribution is 0.0781. The lowest BCUT2D eigenvalue weighted by Crippen LogP contribution is -2.26. The van der Waals surface area contributed by atoms with Gasteiger partial charge in [0.05, 0.1) is 6.54 Å². The summed E-state index contributed by atoms with van der Waals surface area (Å²) in [5, 5.41) is 18.2. The number of amidine groups is 1. The Morgan fingerprint density at radius 3 is 2.52 bits per heavy atom. The molecule has 0 radical (unpaired) electrons. The Hall–Kier alpha value is -2.90. The molecular formula is C13H16N6O2.